The molecule has 0 aliphatic heterocycles. The molecule has 1 rings (SSSR count). The number of halogens is 1. The first-order valence-electron chi connectivity index (χ1n) is 8.06. The third kappa shape index (κ3) is 9.21. The first kappa shape index (κ1) is 21.7. The van der Waals surface area contributed by atoms with Gasteiger partial charge in [-0.2, -0.15) is 0 Å². The van der Waals surface area contributed by atoms with Crippen molar-refractivity contribution in [3.63, 3.8) is 0 Å². The van der Waals surface area contributed by atoms with Gasteiger partial charge >= 0.3 is 5.97 Å². The van der Waals surface area contributed by atoms with Crippen LogP contribution in [0.1, 0.15) is 39.0 Å². The molecule has 5 N–H and O–H groups in total. The van der Waals surface area contributed by atoms with E-state index < -0.39 is 11.9 Å². The molecule has 0 aliphatic rings. The number of carbonyl (C=O) groups is 3. The molecule has 0 saturated carbocycles. The number of hydrogen-bond acceptors (Lipinski definition) is 6. The standard InChI is InChI=1S/C16H23BrN4O5/c1-10(18)6-11(22)7-14(23)19-13-8-15(21-20-13)26-12(9-17)4-2-3-5-16(24)25/h6,8,12H,2-5,7,9,18H2,1H3,(H,24,25)(H2,19,20,21,23)/b10-6-. The Balaban J connectivity index is 2.45. The van der Waals surface area contributed by atoms with E-state index in [1.54, 1.807) is 6.92 Å². The number of nitrogens with zero attached hydrogens (tertiary/aromatic N) is 1. The summed E-state index contributed by atoms with van der Waals surface area (Å²) in [5.74, 6) is -1.09. The number of H-pyrrole nitrogens is 1. The summed E-state index contributed by atoms with van der Waals surface area (Å²) in [6, 6.07) is 1.51. The van der Waals surface area contributed by atoms with E-state index in [0.29, 0.717) is 42.0 Å². The molecule has 0 fully saturated rings. The van der Waals surface area contributed by atoms with Gasteiger partial charge in [-0.1, -0.05) is 15.9 Å². The first-order valence-corrected chi connectivity index (χ1v) is 9.18. The van der Waals surface area contributed by atoms with E-state index >= 15 is 0 Å². The van der Waals surface area contributed by atoms with Gasteiger partial charge < -0.3 is 20.9 Å². The van der Waals surface area contributed by atoms with Crippen LogP contribution in [0.5, 0.6) is 5.88 Å². The summed E-state index contributed by atoms with van der Waals surface area (Å²) < 4.78 is 5.69. The summed E-state index contributed by atoms with van der Waals surface area (Å²) >= 11 is 3.35. The number of aromatic nitrogens is 2. The number of alkyl halides is 1. The van der Waals surface area contributed by atoms with E-state index in [4.69, 9.17) is 15.6 Å². The number of hydrogen-bond donors (Lipinski definition) is 4. The smallest absolute Gasteiger partial charge is 0.303 e. The Morgan fingerprint density at radius 1 is 1.46 bits per heavy atom. The highest BCUT2D eigenvalue weighted by Crippen LogP contribution is 2.18. The van der Waals surface area contributed by atoms with Crippen LogP contribution in [0.3, 0.4) is 0 Å². The number of nitrogens with one attached hydrogen (secondary N) is 2. The molecule has 0 radical (unpaired) electrons. The topological polar surface area (TPSA) is 147 Å². The number of aromatic amines is 1. The minimum absolute atomic E-state index is 0.130. The zero-order valence-corrected chi connectivity index (χ0v) is 16.0. The largest absolute Gasteiger partial charge is 0.481 e. The van der Waals surface area contributed by atoms with Gasteiger partial charge in [0.05, 0.1) is 6.42 Å². The highest BCUT2D eigenvalue weighted by molar-refractivity contribution is 9.09. The second kappa shape index (κ2) is 11.3. The van der Waals surface area contributed by atoms with Crippen LogP contribution < -0.4 is 15.8 Å². The van der Waals surface area contributed by atoms with Gasteiger partial charge in [0.15, 0.2) is 5.78 Å². The van der Waals surface area contributed by atoms with Crippen LogP contribution >= 0.6 is 15.9 Å². The molecule has 1 aromatic heterocycles. The van der Waals surface area contributed by atoms with Gasteiger partial charge in [0.2, 0.25) is 11.8 Å². The molecule has 1 unspecified atom stereocenters. The maximum Gasteiger partial charge on any atom is 0.303 e. The fourth-order valence-electron chi connectivity index (χ4n) is 2.07. The number of nitrogens with two attached hydrogens (primary N) is 1. The Hall–Kier alpha value is -2.36. The summed E-state index contributed by atoms with van der Waals surface area (Å²) in [7, 11) is 0. The Morgan fingerprint density at radius 3 is 2.81 bits per heavy atom. The van der Waals surface area contributed by atoms with Gasteiger partial charge in [0.25, 0.3) is 0 Å². The molecule has 0 aromatic carbocycles. The molecule has 1 aromatic rings. The fourth-order valence-corrected chi connectivity index (χ4v) is 2.53. The maximum absolute atomic E-state index is 11.8. The summed E-state index contributed by atoms with van der Waals surface area (Å²) in [6.45, 7) is 1.57. The molecule has 26 heavy (non-hydrogen) atoms. The van der Waals surface area contributed by atoms with Crippen molar-refractivity contribution in [2.24, 2.45) is 5.73 Å². The van der Waals surface area contributed by atoms with Gasteiger partial charge in [0.1, 0.15) is 11.9 Å². The number of ketones is 1. The Kier molecular flexibility index (Phi) is 9.42. The zero-order valence-electron chi connectivity index (χ0n) is 14.5. The van der Waals surface area contributed by atoms with Crippen molar-refractivity contribution in [1.29, 1.82) is 0 Å². The molecule has 9 nitrogen and oxygen atoms in total. The molecular formula is C16H23BrN4O5. The van der Waals surface area contributed by atoms with Crippen LogP contribution in [0.4, 0.5) is 5.82 Å². The summed E-state index contributed by atoms with van der Waals surface area (Å²) in [5, 5.41) is 18.3. The third-order valence-corrected chi connectivity index (χ3v) is 3.90. The summed E-state index contributed by atoms with van der Waals surface area (Å²) in [4.78, 5) is 33.8. The quantitative estimate of drug-likeness (QED) is 0.171. The molecular weight excluding hydrogens is 408 g/mol. The number of amides is 1. The second-order valence-corrected chi connectivity index (χ2v) is 6.38. The predicted molar refractivity (Wildman–Crippen MR) is 99.1 cm³/mol. The van der Waals surface area contributed by atoms with Crippen LogP contribution in [0.2, 0.25) is 0 Å². The lowest BCUT2D eigenvalue weighted by Crippen LogP contribution is -2.18. The number of carbonyl (C=O) groups excluding carboxylic acids is 2. The number of unbranched alkanes of at least 4 members (excludes halogenated alkanes) is 1. The lowest BCUT2D eigenvalue weighted by atomic mass is 10.1. The molecule has 0 saturated heterocycles. The van der Waals surface area contributed by atoms with Crippen molar-refractivity contribution in [2.75, 3.05) is 10.6 Å². The van der Waals surface area contributed by atoms with E-state index in [-0.39, 0.29) is 24.7 Å². The fraction of sp³-hybridized carbons (Fsp3) is 0.500. The molecule has 1 atom stereocenters. The summed E-state index contributed by atoms with van der Waals surface area (Å²) in [6.07, 6.45) is 2.80. The highest BCUT2D eigenvalue weighted by Gasteiger charge is 2.14. The average Bonchev–Trinajstić information content (AvgIpc) is 2.95. The van der Waals surface area contributed by atoms with Gasteiger partial charge in [0, 0.05) is 29.6 Å². The number of ether oxygens (including phenoxy) is 1. The van der Waals surface area contributed by atoms with Gasteiger partial charge in [-0.15, -0.1) is 5.10 Å². The predicted octanol–water partition coefficient (Wildman–Crippen LogP) is 1.96. The zero-order chi connectivity index (χ0) is 19.5. The number of aliphatic carboxylic acids is 1. The van der Waals surface area contributed by atoms with Crippen LogP contribution in [0.15, 0.2) is 17.8 Å². The molecule has 0 spiro atoms. The SMILES string of the molecule is C/C(N)=C/C(=O)CC(=O)Nc1cc(OC(CBr)CCCCC(=O)O)n[nH]1. The molecule has 144 valence electrons. The third-order valence-electron chi connectivity index (χ3n) is 3.18. The minimum Gasteiger partial charge on any atom is -0.481 e. The highest BCUT2D eigenvalue weighted by atomic mass is 79.9. The van der Waals surface area contributed by atoms with Crippen molar-refractivity contribution < 1.29 is 24.2 Å². The number of carboxylic acids is 1. The normalized spacial score (nSPS) is 12.5. The van der Waals surface area contributed by atoms with Crippen molar-refractivity contribution in [1.82, 2.24) is 10.2 Å². The van der Waals surface area contributed by atoms with Gasteiger partial charge in [-0.05, 0) is 26.2 Å². The molecule has 0 bridgehead atoms. The second-order valence-electron chi connectivity index (χ2n) is 5.73. The Labute approximate surface area is 159 Å². The van der Waals surface area contributed by atoms with Crippen molar-refractivity contribution in [3.05, 3.63) is 17.8 Å². The maximum atomic E-state index is 11.8. The number of carboxylic acid groups (broad SMARTS) is 1. The average molecular weight is 431 g/mol. The summed E-state index contributed by atoms with van der Waals surface area (Å²) in [5.41, 5.74) is 5.72. The van der Waals surface area contributed by atoms with E-state index in [1.165, 1.54) is 12.1 Å². The molecule has 10 heteroatoms. The van der Waals surface area contributed by atoms with Gasteiger partial charge in [-0.25, -0.2) is 0 Å². The monoisotopic (exact) mass is 430 g/mol. The van der Waals surface area contributed by atoms with Crippen molar-refractivity contribution in [3.8, 4) is 5.88 Å². The Bertz CT molecular complexity index is 655. The Morgan fingerprint density at radius 2 is 2.19 bits per heavy atom. The lowest BCUT2D eigenvalue weighted by molar-refractivity contribution is -0.137. The van der Waals surface area contributed by atoms with E-state index in [0.717, 1.165) is 0 Å². The first-order chi connectivity index (χ1) is 12.3. The lowest BCUT2D eigenvalue weighted by Gasteiger charge is -2.14. The number of allylic oxidation sites excluding steroid dienone is 2. The number of anilines is 1. The minimum atomic E-state index is -0.815. The van der Waals surface area contributed by atoms with Crippen LogP contribution in [-0.2, 0) is 14.4 Å². The van der Waals surface area contributed by atoms with Crippen LogP contribution in [-0.4, -0.2) is 44.4 Å². The number of rotatable bonds is 12. The van der Waals surface area contributed by atoms with Crippen LogP contribution in [0.25, 0.3) is 0 Å². The van der Waals surface area contributed by atoms with E-state index in [2.05, 4.69) is 31.4 Å². The molecule has 0 aliphatic carbocycles. The van der Waals surface area contributed by atoms with E-state index in [9.17, 15) is 14.4 Å². The van der Waals surface area contributed by atoms with E-state index in [1.807, 2.05) is 0 Å². The molecule has 1 amide bonds. The van der Waals surface area contributed by atoms with Crippen molar-refractivity contribution in [2.45, 2.75) is 45.1 Å². The van der Waals surface area contributed by atoms with Crippen molar-refractivity contribution >= 4 is 39.4 Å². The van der Waals surface area contributed by atoms with Gasteiger partial charge in [-0.3, -0.25) is 19.5 Å². The molecule has 1 heterocycles. The van der Waals surface area contributed by atoms with Crippen LogP contribution in [0, 0.1) is 0 Å².